The van der Waals surface area contributed by atoms with Crippen molar-refractivity contribution >= 4 is 11.7 Å². The Hall–Kier alpha value is -3.41. The smallest absolute Gasteiger partial charge is 0.410 e. The molecule has 6 heteroatoms. The van der Waals surface area contributed by atoms with Crippen LogP contribution in [0.25, 0.3) is 11.4 Å². The van der Waals surface area contributed by atoms with Gasteiger partial charge in [-0.1, -0.05) is 6.08 Å². The van der Waals surface area contributed by atoms with E-state index in [0.29, 0.717) is 13.1 Å². The molecule has 0 bridgehead atoms. The van der Waals surface area contributed by atoms with Gasteiger partial charge in [-0.3, -0.25) is 4.98 Å². The quantitative estimate of drug-likeness (QED) is 0.457. The zero-order chi connectivity index (χ0) is 25.2. The lowest BCUT2D eigenvalue weighted by Crippen LogP contribution is -2.39. The Kier molecular flexibility index (Phi) is 7.10. The van der Waals surface area contributed by atoms with E-state index in [0.717, 1.165) is 36.3 Å². The highest BCUT2D eigenvalue weighted by atomic mass is 16.6. The Balaban J connectivity index is 1.43. The van der Waals surface area contributed by atoms with Crippen molar-refractivity contribution in [1.29, 1.82) is 0 Å². The number of rotatable bonds is 5. The first-order chi connectivity index (χ1) is 16.6. The molecular weight excluding hydrogens is 436 g/mol. The van der Waals surface area contributed by atoms with E-state index in [9.17, 15) is 4.79 Å². The Morgan fingerprint density at radius 1 is 1.03 bits per heavy atom. The molecule has 35 heavy (non-hydrogen) atoms. The lowest BCUT2D eigenvalue weighted by molar-refractivity contribution is 0.0270. The molecule has 0 aromatic carbocycles. The second kappa shape index (κ2) is 10.1. The SMILES string of the molecule is Cc1cc(CCc2cncc(C3=CCN(C(=O)OC(C)(C)C)CC3)c2)nc(-n2c(C)ccc2C)c1. The Labute approximate surface area is 208 Å². The minimum atomic E-state index is -0.480. The van der Waals surface area contributed by atoms with Gasteiger partial charge in [0, 0.05) is 42.6 Å². The van der Waals surface area contributed by atoms with E-state index in [1.807, 2.05) is 33.2 Å². The molecule has 0 saturated carbocycles. The van der Waals surface area contributed by atoms with Gasteiger partial charge < -0.3 is 14.2 Å². The third-order valence-corrected chi connectivity index (χ3v) is 6.21. The van der Waals surface area contributed by atoms with E-state index in [-0.39, 0.29) is 6.09 Å². The van der Waals surface area contributed by atoms with Crippen molar-refractivity contribution in [3.63, 3.8) is 0 Å². The van der Waals surface area contributed by atoms with Gasteiger partial charge in [0.1, 0.15) is 11.4 Å². The average molecular weight is 473 g/mol. The highest BCUT2D eigenvalue weighted by molar-refractivity contribution is 5.72. The molecule has 0 aliphatic carbocycles. The van der Waals surface area contributed by atoms with Gasteiger partial charge >= 0.3 is 6.09 Å². The molecule has 0 fully saturated rings. The molecule has 4 rings (SSSR count). The van der Waals surface area contributed by atoms with Crippen molar-refractivity contribution in [2.24, 2.45) is 0 Å². The van der Waals surface area contributed by atoms with Crippen molar-refractivity contribution in [1.82, 2.24) is 19.4 Å². The highest BCUT2D eigenvalue weighted by Gasteiger charge is 2.24. The molecule has 184 valence electrons. The van der Waals surface area contributed by atoms with Gasteiger partial charge in [0.05, 0.1) is 0 Å². The third-order valence-electron chi connectivity index (χ3n) is 6.21. The Morgan fingerprint density at radius 2 is 1.77 bits per heavy atom. The molecule has 1 aliphatic heterocycles. The fourth-order valence-corrected chi connectivity index (χ4v) is 4.49. The normalized spacial score (nSPS) is 14.1. The largest absolute Gasteiger partial charge is 0.444 e. The standard InChI is InChI=1S/C29H36N4O2/c1-20-15-26(31-27(16-20)33-21(2)7-8-22(33)3)10-9-23-17-25(19-30-18-23)24-11-13-32(14-12-24)28(34)35-29(4,5)6/h7-8,11,15-19H,9-10,12-14H2,1-6H3. The number of carbonyl (C=O) groups excluding carboxylic acids is 1. The van der Waals surface area contributed by atoms with Crippen LogP contribution in [0.15, 0.2) is 48.8 Å². The summed E-state index contributed by atoms with van der Waals surface area (Å²) >= 11 is 0. The minimum absolute atomic E-state index is 0.255. The number of carbonyl (C=O) groups is 1. The second-order valence-electron chi connectivity index (χ2n) is 10.4. The van der Waals surface area contributed by atoms with Crippen LogP contribution in [0, 0.1) is 20.8 Å². The number of amides is 1. The molecule has 0 saturated heterocycles. The maximum Gasteiger partial charge on any atom is 0.410 e. The average Bonchev–Trinajstić information content (AvgIpc) is 3.14. The highest BCUT2D eigenvalue weighted by Crippen LogP contribution is 2.24. The summed E-state index contributed by atoms with van der Waals surface area (Å²) in [5.74, 6) is 0.980. The van der Waals surface area contributed by atoms with Gasteiger partial charge in [-0.2, -0.15) is 0 Å². The molecule has 4 heterocycles. The van der Waals surface area contributed by atoms with Crippen LogP contribution < -0.4 is 0 Å². The molecule has 6 nitrogen and oxygen atoms in total. The van der Waals surface area contributed by atoms with Crippen LogP contribution >= 0.6 is 0 Å². The van der Waals surface area contributed by atoms with E-state index in [2.05, 4.69) is 66.7 Å². The van der Waals surface area contributed by atoms with Crippen molar-refractivity contribution < 1.29 is 9.53 Å². The zero-order valence-electron chi connectivity index (χ0n) is 21.8. The van der Waals surface area contributed by atoms with Crippen molar-refractivity contribution in [2.45, 2.75) is 66.4 Å². The van der Waals surface area contributed by atoms with Gasteiger partial charge in [-0.15, -0.1) is 0 Å². The van der Waals surface area contributed by atoms with Crippen LogP contribution in [0.2, 0.25) is 0 Å². The summed E-state index contributed by atoms with van der Waals surface area (Å²) in [5.41, 5.74) is 7.75. The van der Waals surface area contributed by atoms with E-state index >= 15 is 0 Å². The van der Waals surface area contributed by atoms with Gasteiger partial charge in [-0.25, -0.2) is 9.78 Å². The van der Waals surface area contributed by atoms with Gasteiger partial charge in [0.25, 0.3) is 0 Å². The summed E-state index contributed by atoms with van der Waals surface area (Å²) in [6.45, 7) is 13.2. The molecule has 0 spiro atoms. The molecule has 3 aromatic heterocycles. The zero-order valence-corrected chi connectivity index (χ0v) is 21.8. The first-order valence-electron chi connectivity index (χ1n) is 12.3. The third kappa shape index (κ3) is 6.18. The summed E-state index contributed by atoms with van der Waals surface area (Å²) in [7, 11) is 0. The number of pyridine rings is 2. The molecule has 1 aliphatic rings. The first-order valence-corrected chi connectivity index (χ1v) is 12.3. The fraction of sp³-hybridized carbons (Fsp3) is 0.414. The fourth-order valence-electron chi connectivity index (χ4n) is 4.49. The predicted molar refractivity (Wildman–Crippen MR) is 140 cm³/mol. The predicted octanol–water partition coefficient (Wildman–Crippen LogP) is 6.00. The van der Waals surface area contributed by atoms with E-state index < -0.39 is 5.60 Å². The minimum Gasteiger partial charge on any atom is -0.444 e. The van der Waals surface area contributed by atoms with Crippen molar-refractivity contribution in [3.8, 4) is 5.82 Å². The monoisotopic (exact) mass is 472 g/mol. The molecular formula is C29H36N4O2. The Bertz CT molecular complexity index is 1230. The molecule has 3 aromatic rings. The summed E-state index contributed by atoms with van der Waals surface area (Å²) in [5, 5.41) is 0. The summed E-state index contributed by atoms with van der Waals surface area (Å²) in [4.78, 5) is 23.6. The van der Waals surface area contributed by atoms with E-state index in [4.69, 9.17) is 9.72 Å². The van der Waals surface area contributed by atoms with E-state index in [1.165, 1.54) is 28.1 Å². The lowest BCUT2D eigenvalue weighted by atomic mass is 9.98. The summed E-state index contributed by atoms with van der Waals surface area (Å²) in [6, 6.07) is 10.8. The van der Waals surface area contributed by atoms with Gasteiger partial charge in [0.2, 0.25) is 0 Å². The van der Waals surface area contributed by atoms with E-state index in [1.54, 1.807) is 4.90 Å². The number of aryl methyl sites for hydroxylation is 5. The van der Waals surface area contributed by atoms with Crippen LogP contribution in [-0.4, -0.2) is 44.2 Å². The number of aromatic nitrogens is 3. The molecule has 1 amide bonds. The first kappa shape index (κ1) is 24.7. The van der Waals surface area contributed by atoms with Crippen LogP contribution in [0.5, 0.6) is 0 Å². The summed E-state index contributed by atoms with van der Waals surface area (Å²) < 4.78 is 7.71. The number of hydrogen-bond acceptors (Lipinski definition) is 4. The number of ether oxygens (including phenoxy) is 1. The Morgan fingerprint density at radius 3 is 2.43 bits per heavy atom. The number of nitrogens with zero attached hydrogens (tertiary/aromatic N) is 4. The van der Waals surface area contributed by atoms with Crippen molar-refractivity contribution in [3.05, 3.63) is 82.6 Å². The topological polar surface area (TPSA) is 60.3 Å². The van der Waals surface area contributed by atoms with Crippen LogP contribution in [0.4, 0.5) is 4.79 Å². The van der Waals surface area contributed by atoms with Crippen LogP contribution in [0.1, 0.15) is 61.0 Å². The molecule has 0 N–H and O–H groups in total. The molecule has 0 unspecified atom stereocenters. The van der Waals surface area contributed by atoms with Crippen LogP contribution in [-0.2, 0) is 17.6 Å². The van der Waals surface area contributed by atoms with Crippen molar-refractivity contribution in [2.75, 3.05) is 13.1 Å². The molecule has 0 atom stereocenters. The molecule has 0 radical (unpaired) electrons. The summed E-state index contributed by atoms with van der Waals surface area (Å²) in [6.07, 6.45) is 8.24. The van der Waals surface area contributed by atoms with Gasteiger partial charge in [0.15, 0.2) is 0 Å². The van der Waals surface area contributed by atoms with Gasteiger partial charge in [-0.05, 0) is 113 Å². The van der Waals surface area contributed by atoms with Crippen LogP contribution in [0.3, 0.4) is 0 Å². The second-order valence-corrected chi connectivity index (χ2v) is 10.4. The number of hydrogen-bond donors (Lipinski definition) is 0. The lowest BCUT2D eigenvalue weighted by Gasteiger charge is -2.29. The maximum absolute atomic E-state index is 12.3. The maximum atomic E-state index is 12.3.